The van der Waals surface area contributed by atoms with Crippen LogP contribution in [0.1, 0.15) is 36.0 Å². The number of carbonyl (C=O) groups is 2. The molecule has 0 bridgehead atoms. The molecule has 1 saturated carbocycles. The lowest BCUT2D eigenvalue weighted by molar-refractivity contribution is -0.132. The minimum Gasteiger partial charge on any atom is -0.378 e. The molecule has 0 spiro atoms. The number of anilines is 1. The zero-order valence-electron chi connectivity index (χ0n) is 17.1. The van der Waals surface area contributed by atoms with Gasteiger partial charge >= 0.3 is 0 Å². The summed E-state index contributed by atoms with van der Waals surface area (Å²) >= 11 is 0. The minimum atomic E-state index is 0.0215. The van der Waals surface area contributed by atoms with Gasteiger partial charge < -0.3 is 14.7 Å². The summed E-state index contributed by atoms with van der Waals surface area (Å²) in [6, 6.07) is 7.83. The fraction of sp³-hybridized carbons (Fsp3) is 0.636. The third-order valence-electron chi connectivity index (χ3n) is 6.33. The number of benzene rings is 1. The van der Waals surface area contributed by atoms with Crippen LogP contribution in [-0.4, -0.2) is 85.9 Å². The summed E-state index contributed by atoms with van der Waals surface area (Å²) in [6.07, 6.45) is 4.43. The Morgan fingerprint density at radius 1 is 1.00 bits per heavy atom. The molecule has 152 valence electrons. The first-order valence-corrected chi connectivity index (χ1v) is 10.6. The first-order chi connectivity index (χ1) is 13.5. The fourth-order valence-electron chi connectivity index (χ4n) is 4.39. The van der Waals surface area contributed by atoms with Crippen molar-refractivity contribution in [2.75, 3.05) is 58.3 Å². The second-order valence-electron chi connectivity index (χ2n) is 8.66. The summed E-state index contributed by atoms with van der Waals surface area (Å²) in [4.78, 5) is 34.1. The van der Waals surface area contributed by atoms with Gasteiger partial charge in [0.05, 0.1) is 6.04 Å². The van der Waals surface area contributed by atoms with Crippen molar-refractivity contribution in [1.29, 1.82) is 0 Å². The molecule has 1 unspecified atom stereocenters. The summed E-state index contributed by atoms with van der Waals surface area (Å²) in [6.45, 7) is 5.00. The van der Waals surface area contributed by atoms with Crippen molar-refractivity contribution in [3.63, 3.8) is 0 Å². The SMILES string of the molecule is CN(C)c1ccc(C(=O)N2CCCN(C3CCN(CC4CC4)C3=O)CC2)cc1. The van der Waals surface area contributed by atoms with Gasteiger partial charge in [0.1, 0.15) is 0 Å². The van der Waals surface area contributed by atoms with Gasteiger partial charge in [-0.2, -0.15) is 0 Å². The van der Waals surface area contributed by atoms with Crippen LogP contribution >= 0.6 is 0 Å². The van der Waals surface area contributed by atoms with Crippen LogP contribution in [0.25, 0.3) is 0 Å². The fourth-order valence-corrected chi connectivity index (χ4v) is 4.39. The number of amides is 2. The van der Waals surface area contributed by atoms with Gasteiger partial charge in [-0.25, -0.2) is 0 Å². The van der Waals surface area contributed by atoms with Gasteiger partial charge in [-0.15, -0.1) is 0 Å². The van der Waals surface area contributed by atoms with Gasteiger partial charge in [-0.05, 0) is 55.9 Å². The van der Waals surface area contributed by atoms with E-state index in [4.69, 9.17) is 0 Å². The van der Waals surface area contributed by atoms with E-state index in [1.807, 2.05) is 48.2 Å². The molecule has 0 radical (unpaired) electrons. The molecule has 1 aromatic carbocycles. The molecule has 1 aromatic rings. The molecule has 6 nitrogen and oxygen atoms in total. The van der Waals surface area contributed by atoms with Crippen LogP contribution < -0.4 is 4.90 Å². The van der Waals surface area contributed by atoms with Crippen molar-refractivity contribution in [2.45, 2.75) is 31.7 Å². The van der Waals surface area contributed by atoms with E-state index in [1.165, 1.54) is 12.8 Å². The first kappa shape index (κ1) is 19.2. The number of nitrogens with zero attached hydrogens (tertiary/aromatic N) is 4. The maximum atomic E-state index is 12.9. The lowest BCUT2D eigenvalue weighted by atomic mass is 10.1. The normalized spacial score (nSPS) is 23.8. The Morgan fingerprint density at radius 2 is 1.75 bits per heavy atom. The zero-order valence-corrected chi connectivity index (χ0v) is 17.1. The summed E-state index contributed by atoms with van der Waals surface area (Å²) in [5.41, 5.74) is 1.83. The second-order valence-corrected chi connectivity index (χ2v) is 8.66. The molecule has 1 atom stereocenters. The van der Waals surface area contributed by atoms with Crippen LogP contribution in [0.15, 0.2) is 24.3 Å². The third kappa shape index (κ3) is 4.17. The van der Waals surface area contributed by atoms with Gasteiger partial charge in [0.15, 0.2) is 0 Å². The summed E-state index contributed by atoms with van der Waals surface area (Å²) in [5.74, 6) is 1.16. The predicted octanol–water partition coefficient (Wildman–Crippen LogP) is 1.91. The number of carbonyl (C=O) groups excluding carboxylic acids is 2. The van der Waals surface area contributed by atoms with E-state index in [-0.39, 0.29) is 11.9 Å². The summed E-state index contributed by atoms with van der Waals surface area (Å²) < 4.78 is 0. The van der Waals surface area contributed by atoms with Crippen molar-refractivity contribution in [3.05, 3.63) is 29.8 Å². The van der Waals surface area contributed by atoms with Crippen LogP contribution in [0.5, 0.6) is 0 Å². The summed E-state index contributed by atoms with van der Waals surface area (Å²) in [7, 11) is 3.99. The van der Waals surface area contributed by atoms with Crippen molar-refractivity contribution >= 4 is 17.5 Å². The molecule has 4 rings (SSSR count). The molecule has 1 aliphatic carbocycles. The number of rotatable bonds is 5. The Labute approximate surface area is 168 Å². The first-order valence-electron chi connectivity index (χ1n) is 10.6. The monoisotopic (exact) mass is 384 g/mol. The van der Waals surface area contributed by atoms with Gasteiger partial charge in [0, 0.05) is 64.6 Å². The Morgan fingerprint density at radius 3 is 2.43 bits per heavy atom. The average Bonchev–Trinajstić information content (AvgIpc) is 3.48. The number of hydrogen-bond donors (Lipinski definition) is 0. The standard InChI is InChI=1S/C22H32N4O2/c1-23(2)19-8-6-18(7-9-19)21(27)25-12-3-11-24(14-15-25)20-10-13-26(22(20)28)16-17-4-5-17/h6-9,17,20H,3-5,10-16H2,1-2H3. The van der Waals surface area contributed by atoms with Gasteiger partial charge in [-0.1, -0.05) is 0 Å². The van der Waals surface area contributed by atoms with Crippen LogP contribution in [0, 0.1) is 5.92 Å². The topological polar surface area (TPSA) is 47.1 Å². The molecular weight excluding hydrogens is 352 g/mol. The van der Waals surface area contributed by atoms with E-state index in [2.05, 4.69) is 9.80 Å². The minimum absolute atomic E-state index is 0.0215. The maximum Gasteiger partial charge on any atom is 0.253 e. The second kappa shape index (κ2) is 8.11. The lowest BCUT2D eigenvalue weighted by Gasteiger charge is -2.26. The van der Waals surface area contributed by atoms with Crippen molar-refractivity contribution in [3.8, 4) is 0 Å². The van der Waals surface area contributed by atoms with Gasteiger partial charge in [0.25, 0.3) is 5.91 Å². The Kier molecular flexibility index (Phi) is 5.58. The molecule has 0 N–H and O–H groups in total. The Hall–Kier alpha value is -2.08. The Balaban J connectivity index is 1.34. The van der Waals surface area contributed by atoms with Crippen molar-refractivity contribution in [2.24, 2.45) is 5.92 Å². The highest BCUT2D eigenvalue weighted by atomic mass is 16.2. The van der Waals surface area contributed by atoms with Crippen LogP contribution in [0.3, 0.4) is 0 Å². The highest BCUT2D eigenvalue weighted by molar-refractivity contribution is 5.94. The molecule has 3 fully saturated rings. The summed E-state index contributed by atoms with van der Waals surface area (Å²) in [5, 5.41) is 0. The molecule has 2 saturated heterocycles. The number of hydrogen-bond acceptors (Lipinski definition) is 4. The molecule has 2 heterocycles. The highest BCUT2D eigenvalue weighted by Crippen LogP contribution is 2.31. The molecule has 2 amide bonds. The molecule has 0 aromatic heterocycles. The van der Waals surface area contributed by atoms with E-state index in [1.54, 1.807) is 0 Å². The maximum absolute atomic E-state index is 12.9. The third-order valence-corrected chi connectivity index (χ3v) is 6.33. The van der Waals surface area contributed by atoms with E-state index in [9.17, 15) is 9.59 Å². The van der Waals surface area contributed by atoms with Gasteiger partial charge in [0.2, 0.25) is 5.91 Å². The quantitative estimate of drug-likeness (QED) is 0.778. The van der Waals surface area contributed by atoms with Crippen molar-refractivity contribution < 1.29 is 9.59 Å². The van der Waals surface area contributed by atoms with Crippen LogP contribution in [0.2, 0.25) is 0 Å². The van der Waals surface area contributed by atoms with E-state index in [0.29, 0.717) is 12.5 Å². The molecule has 3 aliphatic rings. The zero-order chi connectivity index (χ0) is 19.7. The van der Waals surface area contributed by atoms with E-state index < -0.39 is 0 Å². The highest BCUT2D eigenvalue weighted by Gasteiger charge is 2.38. The van der Waals surface area contributed by atoms with Crippen LogP contribution in [-0.2, 0) is 4.79 Å². The average molecular weight is 385 g/mol. The largest absolute Gasteiger partial charge is 0.378 e. The molecule has 28 heavy (non-hydrogen) atoms. The lowest BCUT2D eigenvalue weighted by Crippen LogP contribution is -2.44. The Bertz CT molecular complexity index is 714. The molecular formula is C22H32N4O2. The van der Waals surface area contributed by atoms with E-state index >= 15 is 0 Å². The van der Waals surface area contributed by atoms with Crippen LogP contribution in [0.4, 0.5) is 5.69 Å². The predicted molar refractivity (Wildman–Crippen MR) is 111 cm³/mol. The molecule has 2 aliphatic heterocycles. The molecule has 6 heteroatoms. The number of likely N-dealkylation sites (tertiary alicyclic amines) is 1. The van der Waals surface area contributed by atoms with E-state index in [0.717, 1.165) is 62.7 Å². The smallest absolute Gasteiger partial charge is 0.253 e. The van der Waals surface area contributed by atoms with Gasteiger partial charge in [-0.3, -0.25) is 14.5 Å². The van der Waals surface area contributed by atoms with Crippen molar-refractivity contribution in [1.82, 2.24) is 14.7 Å².